The number of rotatable bonds is 4. The standard InChI is InChI=1S/C14H16N2O2/c1-10-14(9-17)11(2)16(15-10)8-12-4-6-13(18-3)7-5-12/h4-7,9H,8H2,1-3H3. The van der Waals surface area contributed by atoms with Crippen molar-refractivity contribution in [2.45, 2.75) is 20.4 Å². The van der Waals surface area contributed by atoms with Gasteiger partial charge in [-0.1, -0.05) is 12.1 Å². The molecule has 1 heterocycles. The maximum absolute atomic E-state index is 10.9. The van der Waals surface area contributed by atoms with Gasteiger partial charge >= 0.3 is 0 Å². The highest BCUT2D eigenvalue weighted by molar-refractivity contribution is 5.78. The maximum atomic E-state index is 10.9. The van der Waals surface area contributed by atoms with Gasteiger partial charge in [0, 0.05) is 5.69 Å². The number of carbonyl (C=O) groups is 1. The van der Waals surface area contributed by atoms with Crippen LogP contribution in [0.3, 0.4) is 0 Å². The fraction of sp³-hybridized carbons (Fsp3) is 0.286. The summed E-state index contributed by atoms with van der Waals surface area (Å²) in [6, 6.07) is 7.83. The van der Waals surface area contributed by atoms with Crippen LogP contribution in [0, 0.1) is 13.8 Å². The smallest absolute Gasteiger partial charge is 0.153 e. The summed E-state index contributed by atoms with van der Waals surface area (Å²) < 4.78 is 6.96. The van der Waals surface area contributed by atoms with Crippen molar-refractivity contribution in [3.05, 3.63) is 46.8 Å². The van der Waals surface area contributed by atoms with Crippen molar-refractivity contribution in [3.63, 3.8) is 0 Å². The fourth-order valence-corrected chi connectivity index (χ4v) is 1.94. The van der Waals surface area contributed by atoms with Crippen molar-refractivity contribution in [3.8, 4) is 5.75 Å². The monoisotopic (exact) mass is 244 g/mol. The van der Waals surface area contributed by atoms with Crippen LogP contribution in [-0.2, 0) is 6.54 Å². The fourth-order valence-electron chi connectivity index (χ4n) is 1.94. The maximum Gasteiger partial charge on any atom is 0.153 e. The van der Waals surface area contributed by atoms with Gasteiger partial charge in [0.05, 0.1) is 24.9 Å². The van der Waals surface area contributed by atoms with Crippen LogP contribution in [0.15, 0.2) is 24.3 Å². The van der Waals surface area contributed by atoms with E-state index in [1.807, 2.05) is 42.8 Å². The predicted octanol–water partition coefficient (Wildman–Crippen LogP) is 2.37. The molecule has 4 heteroatoms. The molecule has 1 aromatic carbocycles. The molecule has 4 nitrogen and oxygen atoms in total. The second-order valence-electron chi connectivity index (χ2n) is 4.21. The minimum absolute atomic E-state index is 0.657. The van der Waals surface area contributed by atoms with E-state index in [9.17, 15) is 4.79 Å². The molecule has 0 atom stereocenters. The number of benzene rings is 1. The molecule has 0 bridgehead atoms. The highest BCUT2D eigenvalue weighted by Gasteiger charge is 2.10. The zero-order valence-corrected chi connectivity index (χ0v) is 10.8. The summed E-state index contributed by atoms with van der Waals surface area (Å²) in [5.74, 6) is 0.834. The van der Waals surface area contributed by atoms with Gasteiger partial charge in [-0.25, -0.2) is 0 Å². The Bertz CT molecular complexity index is 556. The molecule has 0 aliphatic rings. The number of aromatic nitrogens is 2. The Balaban J connectivity index is 2.25. The molecule has 2 rings (SSSR count). The first-order chi connectivity index (χ1) is 8.65. The van der Waals surface area contributed by atoms with E-state index in [0.717, 1.165) is 29.0 Å². The Morgan fingerprint density at radius 3 is 2.44 bits per heavy atom. The van der Waals surface area contributed by atoms with Gasteiger partial charge < -0.3 is 4.74 Å². The molecule has 0 spiro atoms. The van der Waals surface area contributed by atoms with Crippen LogP contribution in [0.5, 0.6) is 5.75 Å². The Hall–Kier alpha value is -2.10. The van der Waals surface area contributed by atoms with E-state index in [1.54, 1.807) is 7.11 Å². The first-order valence-corrected chi connectivity index (χ1v) is 5.78. The summed E-state index contributed by atoms with van der Waals surface area (Å²) >= 11 is 0. The van der Waals surface area contributed by atoms with Crippen LogP contribution in [0.1, 0.15) is 27.3 Å². The van der Waals surface area contributed by atoms with Crippen molar-refractivity contribution in [1.82, 2.24) is 9.78 Å². The van der Waals surface area contributed by atoms with E-state index in [4.69, 9.17) is 4.74 Å². The molecule has 0 aliphatic heterocycles. The van der Waals surface area contributed by atoms with Gasteiger partial charge in [-0.3, -0.25) is 9.48 Å². The highest BCUT2D eigenvalue weighted by Crippen LogP contribution is 2.15. The molecule has 0 saturated heterocycles. The van der Waals surface area contributed by atoms with Crippen molar-refractivity contribution in [2.75, 3.05) is 7.11 Å². The Morgan fingerprint density at radius 1 is 1.28 bits per heavy atom. The summed E-state index contributed by atoms with van der Waals surface area (Å²) in [7, 11) is 1.65. The summed E-state index contributed by atoms with van der Waals surface area (Å²) in [5.41, 5.74) is 3.48. The van der Waals surface area contributed by atoms with Gasteiger partial charge in [0.25, 0.3) is 0 Å². The number of carbonyl (C=O) groups excluding carboxylic acids is 1. The molecule has 2 aromatic rings. The first-order valence-electron chi connectivity index (χ1n) is 5.78. The van der Waals surface area contributed by atoms with Gasteiger partial charge in [0.1, 0.15) is 5.75 Å². The third-order valence-corrected chi connectivity index (χ3v) is 3.05. The Labute approximate surface area is 106 Å². The van der Waals surface area contributed by atoms with E-state index < -0.39 is 0 Å². The summed E-state index contributed by atoms with van der Waals surface area (Å²) in [5, 5.41) is 4.37. The minimum Gasteiger partial charge on any atom is -0.497 e. The molecule has 0 radical (unpaired) electrons. The molecule has 0 amide bonds. The van der Waals surface area contributed by atoms with Crippen LogP contribution in [0.25, 0.3) is 0 Å². The molecule has 0 saturated carbocycles. The minimum atomic E-state index is 0.657. The SMILES string of the molecule is COc1ccc(Cn2nc(C)c(C=O)c2C)cc1. The van der Waals surface area contributed by atoms with Crippen LogP contribution in [0.4, 0.5) is 0 Å². The zero-order valence-electron chi connectivity index (χ0n) is 10.8. The Morgan fingerprint density at radius 2 is 1.94 bits per heavy atom. The number of hydrogen-bond acceptors (Lipinski definition) is 3. The molecule has 1 aromatic heterocycles. The van der Waals surface area contributed by atoms with Crippen molar-refractivity contribution in [2.24, 2.45) is 0 Å². The van der Waals surface area contributed by atoms with E-state index >= 15 is 0 Å². The number of hydrogen-bond donors (Lipinski definition) is 0. The zero-order chi connectivity index (χ0) is 13.1. The van der Waals surface area contributed by atoms with Gasteiger partial charge in [-0.15, -0.1) is 0 Å². The number of aryl methyl sites for hydroxylation is 1. The number of methoxy groups -OCH3 is 1. The lowest BCUT2D eigenvalue weighted by Crippen LogP contribution is -2.04. The topological polar surface area (TPSA) is 44.1 Å². The average molecular weight is 244 g/mol. The van der Waals surface area contributed by atoms with Crippen LogP contribution in [-0.4, -0.2) is 23.2 Å². The van der Waals surface area contributed by atoms with Gasteiger partial charge in [-0.2, -0.15) is 5.10 Å². The lowest BCUT2D eigenvalue weighted by atomic mass is 10.2. The largest absolute Gasteiger partial charge is 0.497 e. The number of nitrogens with zero attached hydrogens (tertiary/aromatic N) is 2. The average Bonchev–Trinajstić information content (AvgIpc) is 2.65. The highest BCUT2D eigenvalue weighted by atomic mass is 16.5. The Kier molecular flexibility index (Phi) is 3.46. The molecular weight excluding hydrogens is 228 g/mol. The van der Waals surface area contributed by atoms with Crippen LogP contribution >= 0.6 is 0 Å². The van der Waals surface area contributed by atoms with Crippen molar-refractivity contribution in [1.29, 1.82) is 0 Å². The second-order valence-corrected chi connectivity index (χ2v) is 4.21. The van der Waals surface area contributed by atoms with E-state index in [0.29, 0.717) is 12.1 Å². The summed E-state index contributed by atoms with van der Waals surface area (Å²) in [4.78, 5) is 10.9. The molecule has 0 aliphatic carbocycles. The predicted molar refractivity (Wildman–Crippen MR) is 69.2 cm³/mol. The third-order valence-electron chi connectivity index (χ3n) is 3.05. The quantitative estimate of drug-likeness (QED) is 0.775. The third kappa shape index (κ3) is 2.27. The molecule has 0 fully saturated rings. The van der Waals surface area contributed by atoms with Crippen LogP contribution in [0.2, 0.25) is 0 Å². The summed E-state index contributed by atoms with van der Waals surface area (Å²) in [6.45, 7) is 4.42. The van der Waals surface area contributed by atoms with Gasteiger partial charge in [0.2, 0.25) is 0 Å². The molecule has 0 unspecified atom stereocenters. The molecular formula is C14H16N2O2. The number of ether oxygens (including phenoxy) is 1. The van der Waals surface area contributed by atoms with Crippen LogP contribution < -0.4 is 4.74 Å². The molecule has 18 heavy (non-hydrogen) atoms. The lowest BCUT2D eigenvalue weighted by molar-refractivity contribution is 0.112. The van der Waals surface area contributed by atoms with Crippen molar-refractivity contribution >= 4 is 6.29 Å². The van der Waals surface area contributed by atoms with Gasteiger partial charge in [-0.05, 0) is 31.5 Å². The normalized spacial score (nSPS) is 10.4. The second kappa shape index (κ2) is 5.04. The molecule has 94 valence electrons. The van der Waals surface area contributed by atoms with E-state index in [1.165, 1.54) is 0 Å². The first kappa shape index (κ1) is 12.4. The molecule has 0 N–H and O–H groups in total. The number of aldehydes is 1. The van der Waals surface area contributed by atoms with E-state index in [2.05, 4.69) is 5.10 Å². The summed E-state index contributed by atoms with van der Waals surface area (Å²) in [6.07, 6.45) is 0.863. The van der Waals surface area contributed by atoms with E-state index in [-0.39, 0.29) is 0 Å². The van der Waals surface area contributed by atoms with Gasteiger partial charge in [0.15, 0.2) is 6.29 Å². The lowest BCUT2D eigenvalue weighted by Gasteiger charge is -2.06. The van der Waals surface area contributed by atoms with Crippen molar-refractivity contribution < 1.29 is 9.53 Å².